The number of aromatic nitrogens is 3. The van der Waals surface area contributed by atoms with E-state index in [1.54, 1.807) is 11.3 Å². The van der Waals surface area contributed by atoms with Gasteiger partial charge >= 0.3 is 0 Å². The van der Waals surface area contributed by atoms with Gasteiger partial charge in [0, 0.05) is 21.8 Å². The zero-order valence-electron chi connectivity index (χ0n) is 15.1. The number of hydrogen-bond acceptors (Lipinski definition) is 4. The number of nitrogens with one attached hydrogen (secondary N) is 1. The summed E-state index contributed by atoms with van der Waals surface area (Å²) in [5, 5.41) is 11.7. The number of nitrogens with zero attached hydrogens (tertiary/aromatic N) is 3. The van der Waals surface area contributed by atoms with Gasteiger partial charge in [-0.15, -0.1) is 11.3 Å². The molecule has 0 aliphatic heterocycles. The predicted octanol–water partition coefficient (Wildman–Crippen LogP) is 4.58. The van der Waals surface area contributed by atoms with Gasteiger partial charge in [0.25, 0.3) is 0 Å². The van der Waals surface area contributed by atoms with E-state index in [1.165, 1.54) is 4.88 Å². The summed E-state index contributed by atoms with van der Waals surface area (Å²) in [5.41, 5.74) is 4.04. The van der Waals surface area contributed by atoms with Crippen LogP contribution in [0.4, 0.5) is 0 Å². The van der Waals surface area contributed by atoms with Crippen molar-refractivity contribution in [2.24, 2.45) is 0 Å². The third kappa shape index (κ3) is 3.07. The van der Waals surface area contributed by atoms with Crippen molar-refractivity contribution in [1.29, 1.82) is 5.26 Å². The van der Waals surface area contributed by atoms with Crippen LogP contribution < -0.4 is 0 Å². The number of ketones is 1. The minimum atomic E-state index is -0.951. The fourth-order valence-electron chi connectivity index (χ4n) is 3.36. The number of aromatic amines is 1. The molecule has 0 aliphatic rings. The summed E-state index contributed by atoms with van der Waals surface area (Å²) in [6.07, 6.45) is 0. The molecule has 0 spiro atoms. The SMILES string of the molecule is Cc1cc(C(=O)[C@@H](C#N)c2nc3ccccc3[nH]2)c(C)n1Cc1cccs1. The molecule has 0 aliphatic carbocycles. The molecule has 3 aromatic heterocycles. The molecule has 0 radical (unpaired) electrons. The number of hydrogen-bond donors (Lipinski definition) is 1. The second kappa shape index (κ2) is 6.86. The summed E-state index contributed by atoms with van der Waals surface area (Å²) >= 11 is 1.69. The average molecular weight is 374 g/mol. The lowest BCUT2D eigenvalue weighted by Crippen LogP contribution is -2.14. The van der Waals surface area contributed by atoms with Crippen molar-refractivity contribution in [1.82, 2.24) is 14.5 Å². The van der Waals surface area contributed by atoms with E-state index in [4.69, 9.17) is 0 Å². The maximum absolute atomic E-state index is 13.1. The fraction of sp³-hybridized carbons (Fsp3) is 0.190. The standard InChI is InChI=1S/C21H18N4OS/c1-13-10-16(14(2)25(13)12-15-6-5-9-27-15)20(26)17(11-22)21-23-18-7-3-4-8-19(18)24-21/h3-10,17H,12H2,1-2H3,(H,23,24)/t17-/m1/s1. The highest BCUT2D eigenvalue weighted by molar-refractivity contribution is 7.09. The molecule has 0 bridgehead atoms. The number of imidazole rings is 1. The summed E-state index contributed by atoms with van der Waals surface area (Å²) < 4.78 is 2.12. The van der Waals surface area contributed by atoms with Gasteiger partial charge in [0.1, 0.15) is 5.82 Å². The molecule has 0 fully saturated rings. The molecule has 4 rings (SSSR count). The van der Waals surface area contributed by atoms with Crippen molar-refractivity contribution in [2.75, 3.05) is 0 Å². The number of nitriles is 1. The Hall–Kier alpha value is -3.17. The molecule has 0 saturated heterocycles. The second-order valence-corrected chi connectivity index (χ2v) is 7.55. The van der Waals surface area contributed by atoms with E-state index in [-0.39, 0.29) is 5.78 Å². The highest BCUT2D eigenvalue weighted by Crippen LogP contribution is 2.26. The third-order valence-corrected chi connectivity index (χ3v) is 5.67. The lowest BCUT2D eigenvalue weighted by molar-refractivity contribution is 0.0976. The molecule has 6 heteroatoms. The molecular formula is C21H18N4OS. The molecule has 0 unspecified atom stereocenters. The fourth-order valence-corrected chi connectivity index (χ4v) is 4.05. The van der Waals surface area contributed by atoms with Gasteiger partial charge in [-0.25, -0.2) is 4.98 Å². The number of carbonyl (C=O) groups excluding carboxylic acids is 1. The molecule has 134 valence electrons. The number of H-pyrrole nitrogens is 1. The normalized spacial score (nSPS) is 12.2. The minimum Gasteiger partial charge on any atom is -0.343 e. The van der Waals surface area contributed by atoms with Crippen molar-refractivity contribution < 1.29 is 4.79 Å². The van der Waals surface area contributed by atoms with Crippen LogP contribution in [0, 0.1) is 25.2 Å². The Kier molecular flexibility index (Phi) is 4.38. The van der Waals surface area contributed by atoms with E-state index < -0.39 is 5.92 Å². The number of fused-ring (bicyclic) bond motifs is 1. The van der Waals surface area contributed by atoms with Gasteiger partial charge in [-0.2, -0.15) is 5.26 Å². The quantitative estimate of drug-likeness (QED) is 0.520. The van der Waals surface area contributed by atoms with Gasteiger partial charge in [-0.3, -0.25) is 4.79 Å². The van der Waals surface area contributed by atoms with Crippen LogP contribution >= 0.6 is 11.3 Å². The van der Waals surface area contributed by atoms with Gasteiger partial charge in [-0.1, -0.05) is 18.2 Å². The molecule has 4 aromatic rings. The summed E-state index contributed by atoms with van der Waals surface area (Å²) in [6, 6.07) is 15.6. The molecule has 5 nitrogen and oxygen atoms in total. The van der Waals surface area contributed by atoms with E-state index >= 15 is 0 Å². The van der Waals surface area contributed by atoms with Crippen LogP contribution in [0.1, 0.15) is 38.4 Å². The predicted molar refractivity (Wildman–Crippen MR) is 106 cm³/mol. The zero-order chi connectivity index (χ0) is 19.0. The van der Waals surface area contributed by atoms with Crippen LogP contribution in [-0.2, 0) is 6.54 Å². The van der Waals surface area contributed by atoms with Crippen molar-refractivity contribution >= 4 is 28.2 Å². The number of rotatable bonds is 5. The van der Waals surface area contributed by atoms with Crippen molar-refractivity contribution in [3.63, 3.8) is 0 Å². The first-order valence-corrected chi connectivity index (χ1v) is 9.54. The zero-order valence-corrected chi connectivity index (χ0v) is 15.9. The summed E-state index contributed by atoms with van der Waals surface area (Å²) in [5.74, 6) is -0.776. The summed E-state index contributed by atoms with van der Waals surface area (Å²) in [4.78, 5) is 21.9. The second-order valence-electron chi connectivity index (χ2n) is 6.52. The average Bonchev–Trinajstić information content (AvgIpc) is 3.38. The Morgan fingerprint density at radius 1 is 1.30 bits per heavy atom. The van der Waals surface area contributed by atoms with Crippen molar-refractivity contribution in [3.05, 3.63) is 75.5 Å². The smallest absolute Gasteiger partial charge is 0.189 e. The van der Waals surface area contributed by atoms with E-state index in [9.17, 15) is 10.1 Å². The van der Waals surface area contributed by atoms with Crippen LogP contribution in [0.2, 0.25) is 0 Å². The highest BCUT2D eigenvalue weighted by Gasteiger charge is 2.28. The minimum absolute atomic E-state index is 0.220. The van der Waals surface area contributed by atoms with Gasteiger partial charge in [0.05, 0.1) is 23.6 Å². The van der Waals surface area contributed by atoms with Gasteiger partial charge < -0.3 is 9.55 Å². The largest absolute Gasteiger partial charge is 0.343 e. The Balaban J connectivity index is 1.69. The Morgan fingerprint density at radius 3 is 2.81 bits per heavy atom. The number of Topliss-reactive ketones (excluding diaryl/α,β-unsaturated/α-hetero) is 1. The molecule has 27 heavy (non-hydrogen) atoms. The molecule has 3 heterocycles. The first kappa shape index (κ1) is 17.3. The van der Waals surface area contributed by atoms with Gasteiger partial charge in [0.15, 0.2) is 11.7 Å². The third-order valence-electron chi connectivity index (χ3n) is 4.81. The maximum Gasteiger partial charge on any atom is 0.189 e. The Labute approximate surface area is 160 Å². The Morgan fingerprint density at radius 2 is 2.11 bits per heavy atom. The maximum atomic E-state index is 13.1. The van der Waals surface area contributed by atoms with E-state index in [0.717, 1.165) is 29.0 Å². The highest BCUT2D eigenvalue weighted by atomic mass is 32.1. The molecular weight excluding hydrogens is 356 g/mol. The van der Waals surface area contributed by atoms with Crippen LogP contribution in [-0.4, -0.2) is 20.3 Å². The number of para-hydroxylation sites is 2. The van der Waals surface area contributed by atoms with Crippen LogP contribution in [0.25, 0.3) is 11.0 Å². The molecule has 1 aromatic carbocycles. The van der Waals surface area contributed by atoms with E-state index in [2.05, 4.69) is 26.7 Å². The van der Waals surface area contributed by atoms with Crippen LogP contribution in [0.3, 0.4) is 0 Å². The van der Waals surface area contributed by atoms with E-state index in [0.29, 0.717) is 11.4 Å². The van der Waals surface area contributed by atoms with Crippen LogP contribution in [0.5, 0.6) is 0 Å². The van der Waals surface area contributed by atoms with Crippen LogP contribution in [0.15, 0.2) is 47.8 Å². The number of thiophene rings is 1. The molecule has 0 amide bonds. The molecule has 1 N–H and O–H groups in total. The monoisotopic (exact) mass is 374 g/mol. The lowest BCUT2D eigenvalue weighted by atomic mass is 9.98. The first-order valence-electron chi connectivity index (χ1n) is 8.66. The summed E-state index contributed by atoms with van der Waals surface area (Å²) in [6.45, 7) is 4.64. The van der Waals surface area contributed by atoms with Gasteiger partial charge in [0.2, 0.25) is 0 Å². The van der Waals surface area contributed by atoms with E-state index in [1.807, 2.05) is 55.6 Å². The topological polar surface area (TPSA) is 74.5 Å². The van der Waals surface area contributed by atoms with Crippen molar-refractivity contribution in [2.45, 2.75) is 26.3 Å². The number of aryl methyl sites for hydroxylation is 1. The first-order chi connectivity index (χ1) is 13.1. The molecule has 1 atom stereocenters. The van der Waals surface area contributed by atoms with Gasteiger partial charge in [-0.05, 0) is 43.5 Å². The number of benzene rings is 1. The molecule has 0 saturated carbocycles. The lowest BCUT2D eigenvalue weighted by Gasteiger charge is -2.09. The summed E-state index contributed by atoms with van der Waals surface area (Å²) in [7, 11) is 0. The Bertz CT molecular complexity index is 1130. The number of carbonyl (C=O) groups is 1. The van der Waals surface area contributed by atoms with Crippen molar-refractivity contribution in [3.8, 4) is 6.07 Å².